The van der Waals surface area contributed by atoms with Gasteiger partial charge in [0.1, 0.15) is 5.82 Å². The van der Waals surface area contributed by atoms with Gasteiger partial charge < -0.3 is 4.74 Å². The predicted molar refractivity (Wildman–Crippen MR) is 73.8 cm³/mol. The third-order valence-corrected chi connectivity index (χ3v) is 3.24. The van der Waals surface area contributed by atoms with Gasteiger partial charge in [-0.05, 0) is 18.1 Å². The molecule has 1 heterocycles. The molecule has 1 amide bonds. The topological polar surface area (TPSA) is 46.6 Å². The van der Waals surface area contributed by atoms with Crippen LogP contribution in [0.5, 0.6) is 0 Å². The Kier molecular flexibility index (Phi) is 4.40. The molecule has 0 unspecified atom stereocenters. The molecule has 1 aromatic carbocycles. The molecule has 108 valence electrons. The highest BCUT2D eigenvalue weighted by Gasteiger charge is 2.39. The van der Waals surface area contributed by atoms with Crippen molar-refractivity contribution in [2.45, 2.75) is 13.8 Å². The Balaban J connectivity index is 2.18. The molecule has 0 aliphatic carbocycles. The van der Waals surface area contributed by atoms with Crippen LogP contribution >= 0.6 is 11.6 Å². The van der Waals surface area contributed by atoms with E-state index in [2.05, 4.69) is 0 Å². The maximum Gasteiger partial charge on any atom is 0.299 e. The maximum atomic E-state index is 13.9. The smallest absolute Gasteiger partial charge is 0.299 e. The summed E-state index contributed by atoms with van der Waals surface area (Å²) >= 11 is 5.87. The van der Waals surface area contributed by atoms with Gasteiger partial charge in [0.15, 0.2) is 0 Å². The Hall–Kier alpha value is -1.46. The fourth-order valence-corrected chi connectivity index (χ4v) is 2.28. The number of fused-ring (bicyclic) bond motifs is 1. The SMILES string of the molecule is CC(C)COCCN1C(=O)C(=O)c2c(Cl)ccc(F)c21. The van der Waals surface area contributed by atoms with Gasteiger partial charge in [-0.25, -0.2) is 4.39 Å². The van der Waals surface area contributed by atoms with E-state index in [0.29, 0.717) is 12.5 Å². The number of nitrogens with zero attached hydrogens (tertiary/aromatic N) is 1. The van der Waals surface area contributed by atoms with Gasteiger partial charge in [-0.3, -0.25) is 14.5 Å². The van der Waals surface area contributed by atoms with Crippen LogP contribution in [0.3, 0.4) is 0 Å². The monoisotopic (exact) mass is 299 g/mol. The summed E-state index contributed by atoms with van der Waals surface area (Å²) in [6.45, 7) is 4.91. The first kappa shape index (κ1) is 14.9. The van der Waals surface area contributed by atoms with Crippen molar-refractivity contribution in [3.8, 4) is 0 Å². The van der Waals surface area contributed by atoms with E-state index in [1.165, 1.54) is 6.07 Å². The molecule has 6 heteroatoms. The van der Waals surface area contributed by atoms with Crippen LogP contribution < -0.4 is 4.90 Å². The molecule has 1 aliphatic heterocycles. The Morgan fingerprint density at radius 1 is 1.35 bits per heavy atom. The molecule has 1 aliphatic rings. The number of benzene rings is 1. The molecule has 1 aromatic rings. The second-order valence-electron chi connectivity index (χ2n) is 5.01. The van der Waals surface area contributed by atoms with E-state index in [9.17, 15) is 14.0 Å². The zero-order valence-corrected chi connectivity index (χ0v) is 12.0. The normalized spacial score (nSPS) is 14.3. The second kappa shape index (κ2) is 5.89. The number of carbonyl (C=O) groups excluding carboxylic acids is 2. The first-order chi connectivity index (χ1) is 9.43. The van der Waals surface area contributed by atoms with Gasteiger partial charge in [-0.15, -0.1) is 0 Å². The van der Waals surface area contributed by atoms with Crippen molar-refractivity contribution in [3.05, 3.63) is 28.5 Å². The number of ketones is 1. The van der Waals surface area contributed by atoms with Gasteiger partial charge in [-0.2, -0.15) is 0 Å². The average Bonchev–Trinajstić information content (AvgIpc) is 2.64. The van der Waals surface area contributed by atoms with Crippen LogP contribution in [0.15, 0.2) is 12.1 Å². The van der Waals surface area contributed by atoms with Crippen molar-refractivity contribution in [1.29, 1.82) is 0 Å². The highest BCUT2D eigenvalue weighted by molar-refractivity contribution is 6.55. The number of ether oxygens (including phenoxy) is 1. The molecule has 0 spiro atoms. The van der Waals surface area contributed by atoms with Crippen molar-refractivity contribution in [2.24, 2.45) is 5.92 Å². The summed E-state index contributed by atoms with van der Waals surface area (Å²) in [6.07, 6.45) is 0. The molecule has 0 N–H and O–H groups in total. The third-order valence-electron chi connectivity index (χ3n) is 2.92. The van der Waals surface area contributed by atoms with Crippen LogP contribution in [0.25, 0.3) is 0 Å². The highest BCUT2D eigenvalue weighted by atomic mass is 35.5. The van der Waals surface area contributed by atoms with Crippen LogP contribution in [-0.2, 0) is 9.53 Å². The lowest BCUT2D eigenvalue weighted by atomic mass is 10.1. The summed E-state index contributed by atoms with van der Waals surface area (Å²) in [4.78, 5) is 24.8. The molecular formula is C14H15ClFNO3. The molecule has 0 saturated heterocycles. The minimum atomic E-state index is -0.770. The summed E-state index contributed by atoms with van der Waals surface area (Å²) in [5.41, 5.74) is -0.0961. The van der Waals surface area contributed by atoms with Crippen LogP contribution in [0.2, 0.25) is 5.02 Å². The largest absolute Gasteiger partial charge is 0.379 e. The Morgan fingerprint density at radius 2 is 2.05 bits per heavy atom. The van der Waals surface area contributed by atoms with E-state index in [1.807, 2.05) is 13.8 Å². The number of amides is 1. The quantitative estimate of drug-likeness (QED) is 0.620. The van der Waals surface area contributed by atoms with E-state index in [4.69, 9.17) is 16.3 Å². The number of rotatable bonds is 5. The standard InChI is InChI=1S/C14H15ClFNO3/c1-8(2)7-20-6-5-17-12-10(16)4-3-9(15)11(12)13(18)14(17)19/h3-4,8H,5-7H2,1-2H3. The van der Waals surface area contributed by atoms with Gasteiger partial charge in [0.25, 0.3) is 11.7 Å². The summed E-state index contributed by atoms with van der Waals surface area (Å²) in [7, 11) is 0. The zero-order valence-electron chi connectivity index (χ0n) is 11.3. The van der Waals surface area contributed by atoms with Gasteiger partial charge in [0, 0.05) is 13.2 Å². The lowest BCUT2D eigenvalue weighted by Crippen LogP contribution is -2.33. The van der Waals surface area contributed by atoms with Gasteiger partial charge in [-0.1, -0.05) is 25.4 Å². The van der Waals surface area contributed by atoms with Crippen molar-refractivity contribution in [1.82, 2.24) is 0 Å². The number of hydrogen-bond donors (Lipinski definition) is 0. The van der Waals surface area contributed by atoms with E-state index < -0.39 is 17.5 Å². The maximum absolute atomic E-state index is 13.9. The highest BCUT2D eigenvalue weighted by Crippen LogP contribution is 2.36. The van der Waals surface area contributed by atoms with Gasteiger partial charge >= 0.3 is 0 Å². The molecule has 0 fully saturated rings. The van der Waals surface area contributed by atoms with E-state index >= 15 is 0 Å². The lowest BCUT2D eigenvalue weighted by Gasteiger charge is -2.17. The number of anilines is 1. The molecule has 4 nitrogen and oxygen atoms in total. The molecule has 0 radical (unpaired) electrons. The first-order valence-corrected chi connectivity index (χ1v) is 6.73. The Morgan fingerprint density at radius 3 is 2.70 bits per heavy atom. The van der Waals surface area contributed by atoms with E-state index in [1.54, 1.807) is 0 Å². The summed E-state index contributed by atoms with van der Waals surface area (Å²) in [5, 5.41) is 0.0883. The van der Waals surface area contributed by atoms with Crippen LogP contribution in [0.4, 0.5) is 10.1 Å². The van der Waals surface area contributed by atoms with Crippen LogP contribution in [0, 0.1) is 11.7 Å². The van der Waals surface area contributed by atoms with E-state index in [-0.39, 0.29) is 29.4 Å². The number of Topliss-reactive ketones (excluding diaryl/α,β-unsaturated/α-hetero) is 1. The van der Waals surface area contributed by atoms with Crippen molar-refractivity contribution in [2.75, 3.05) is 24.7 Å². The molecule has 0 bridgehead atoms. The van der Waals surface area contributed by atoms with Crippen molar-refractivity contribution >= 4 is 29.0 Å². The zero-order chi connectivity index (χ0) is 14.9. The first-order valence-electron chi connectivity index (χ1n) is 6.35. The minimum Gasteiger partial charge on any atom is -0.379 e. The van der Waals surface area contributed by atoms with Crippen molar-refractivity contribution < 1.29 is 18.7 Å². The van der Waals surface area contributed by atoms with E-state index in [0.717, 1.165) is 11.0 Å². The Labute approximate surface area is 121 Å². The molecule has 0 atom stereocenters. The Bertz CT molecular complexity index is 560. The van der Waals surface area contributed by atoms with Gasteiger partial charge in [0.05, 0.1) is 22.9 Å². The minimum absolute atomic E-state index is 0.0411. The third kappa shape index (κ3) is 2.69. The number of hydrogen-bond acceptors (Lipinski definition) is 3. The number of halogens is 2. The van der Waals surface area contributed by atoms with Gasteiger partial charge in [0.2, 0.25) is 0 Å². The fourth-order valence-electron chi connectivity index (χ4n) is 2.04. The molecular weight excluding hydrogens is 285 g/mol. The van der Waals surface area contributed by atoms with Crippen LogP contribution in [-0.4, -0.2) is 31.4 Å². The summed E-state index contributed by atoms with van der Waals surface area (Å²) in [6, 6.07) is 2.43. The molecule has 0 saturated carbocycles. The second-order valence-corrected chi connectivity index (χ2v) is 5.41. The lowest BCUT2D eigenvalue weighted by molar-refractivity contribution is -0.114. The number of carbonyl (C=O) groups is 2. The molecule has 20 heavy (non-hydrogen) atoms. The van der Waals surface area contributed by atoms with Crippen molar-refractivity contribution in [3.63, 3.8) is 0 Å². The van der Waals surface area contributed by atoms with Crippen LogP contribution in [0.1, 0.15) is 24.2 Å². The predicted octanol–water partition coefficient (Wildman–Crippen LogP) is 2.68. The molecule has 0 aromatic heterocycles. The summed E-state index contributed by atoms with van der Waals surface area (Å²) in [5.74, 6) is -1.80. The average molecular weight is 300 g/mol. The molecule has 2 rings (SSSR count). The fraction of sp³-hybridized carbons (Fsp3) is 0.429. The summed E-state index contributed by atoms with van der Waals surface area (Å²) < 4.78 is 19.2.